The van der Waals surface area contributed by atoms with Crippen molar-refractivity contribution in [3.05, 3.63) is 35.6 Å². The fraction of sp³-hybridized carbons (Fsp3) is 0.538. The van der Waals surface area contributed by atoms with Gasteiger partial charge in [0.2, 0.25) is 0 Å². The van der Waals surface area contributed by atoms with Crippen molar-refractivity contribution in [3.8, 4) is 0 Å². The Balaban J connectivity index is 2.17. The summed E-state index contributed by atoms with van der Waals surface area (Å²) in [5.41, 5.74) is 7.31. The minimum atomic E-state index is -0.170. The summed E-state index contributed by atoms with van der Waals surface area (Å²) < 4.78 is 12.8. The van der Waals surface area contributed by atoms with Crippen LogP contribution in [0.4, 0.5) is 4.39 Å². The predicted molar refractivity (Wildman–Crippen MR) is 60.1 cm³/mol. The van der Waals surface area contributed by atoms with E-state index in [-0.39, 0.29) is 11.9 Å². The number of hydrogen-bond donors (Lipinski definition) is 1. The van der Waals surface area contributed by atoms with Gasteiger partial charge in [-0.3, -0.25) is 0 Å². The van der Waals surface area contributed by atoms with Gasteiger partial charge >= 0.3 is 0 Å². The zero-order valence-corrected chi connectivity index (χ0v) is 9.12. The number of benzene rings is 1. The Morgan fingerprint density at radius 2 is 1.87 bits per heavy atom. The number of halogens is 1. The monoisotopic (exact) mass is 207 g/mol. The van der Waals surface area contributed by atoms with Crippen LogP contribution in [0.15, 0.2) is 24.3 Å². The van der Waals surface area contributed by atoms with Crippen LogP contribution >= 0.6 is 0 Å². The lowest BCUT2D eigenvalue weighted by Gasteiger charge is -2.32. The van der Waals surface area contributed by atoms with Gasteiger partial charge in [-0.25, -0.2) is 4.39 Å². The molecule has 0 aromatic heterocycles. The molecule has 1 aliphatic carbocycles. The molecule has 0 radical (unpaired) electrons. The molecule has 1 nitrogen and oxygen atoms in total. The zero-order chi connectivity index (χ0) is 10.8. The quantitative estimate of drug-likeness (QED) is 0.752. The van der Waals surface area contributed by atoms with Crippen molar-refractivity contribution < 1.29 is 4.39 Å². The first kappa shape index (κ1) is 10.6. The van der Waals surface area contributed by atoms with Crippen molar-refractivity contribution in [3.63, 3.8) is 0 Å². The van der Waals surface area contributed by atoms with Gasteiger partial charge in [-0.2, -0.15) is 0 Å². The topological polar surface area (TPSA) is 26.0 Å². The van der Waals surface area contributed by atoms with Crippen molar-refractivity contribution in [2.45, 2.75) is 38.1 Å². The van der Waals surface area contributed by atoms with E-state index in [0.29, 0.717) is 5.92 Å². The second-order valence-electron chi connectivity index (χ2n) is 4.74. The van der Waals surface area contributed by atoms with E-state index in [9.17, 15) is 4.39 Å². The molecule has 1 saturated carbocycles. The molecule has 1 aromatic rings. The molecule has 0 amide bonds. The van der Waals surface area contributed by atoms with Crippen LogP contribution in [-0.2, 0) is 0 Å². The molecule has 0 spiro atoms. The Morgan fingerprint density at radius 1 is 1.20 bits per heavy atom. The van der Waals surface area contributed by atoms with Gasteiger partial charge in [-0.05, 0) is 48.8 Å². The summed E-state index contributed by atoms with van der Waals surface area (Å²) in [6.45, 7) is 2.27. The standard InChI is InChI=1S/C13H18FN/c1-9-2-7-13(15)12(8-9)10-3-5-11(14)6-4-10/h3-6,9,12-13H,2,7-8,15H2,1H3. The van der Waals surface area contributed by atoms with Gasteiger partial charge in [0.15, 0.2) is 0 Å². The van der Waals surface area contributed by atoms with E-state index in [1.54, 1.807) is 0 Å². The largest absolute Gasteiger partial charge is 0.327 e. The summed E-state index contributed by atoms with van der Waals surface area (Å²) in [5, 5.41) is 0. The molecule has 3 atom stereocenters. The molecule has 3 unspecified atom stereocenters. The van der Waals surface area contributed by atoms with Gasteiger partial charge in [-0.1, -0.05) is 19.1 Å². The van der Waals surface area contributed by atoms with E-state index >= 15 is 0 Å². The molecule has 0 saturated heterocycles. The number of nitrogens with two attached hydrogens (primary N) is 1. The van der Waals surface area contributed by atoms with Crippen LogP contribution in [0.3, 0.4) is 0 Å². The third-order valence-electron chi connectivity index (χ3n) is 3.46. The maximum atomic E-state index is 12.8. The zero-order valence-electron chi connectivity index (χ0n) is 9.12. The van der Waals surface area contributed by atoms with Gasteiger partial charge < -0.3 is 5.73 Å². The maximum Gasteiger partial charge on any atom is 0.123 e. The van der Waals surface area contributed by atoms with Crippen LogP contribution in [0.1, 0.15) is 37.7 Å². The summed E-state index contributed by atoms with van der Waals surface area (Å²) in [7, 11) is 0. The first-order valence-electron chi connectivity index (χ1n) is 5.68. The summed E-state index contributed by atoms with van der Waals surface area (Å²) in [4.78, 5) is 0. The summed E-state index contributed by atoms with van der Waals surface area (Å²) in [6, 6.07) is 7.05. The van der Waals surface area contributed by atoms with Gasteiger partial charge in [0.1, 0.15) is 5.82 Å². The lowest BCUT2D eigenvalue weighted by molar-refractivity contribution is 0.306. The second kappa shape index (κ2) is 4.31. The third-order valence-corrected chi connectivity index (χ3v) is 3.46. The molecule has 1 aliphatic rings. The average Bonchev–Trinajstić information content (AvgIpc) is 2.23. The van der Waals surface area contributed by atoms with E-state index in [2.05, 4.69) is 6.92 Å². The Bertz CT molecular complexity index is 320. The Labute approximate surface area is 90.5 Å². The second-order valence-corrected chi connectivity index (χ2v) is 4.74. The molecule has 0 aliphatic heterocycles. The maximum absolute atomic E-state index is 12.8. The number of hydrogen-bond acceptors (Lipinski definition) is 1. The number of rotatable bonds is 1. The van der Waals surface area contributed by atoms with E-state index in [4.69, 9.17) is 5.73 Å². The van der Waals surface area contributed by atoms with Crippen LogP contribution in [-0.4, -0.2) is 6.04 Å². The highest BCUT2D eigenvalue weighted by molar-refractivity contribution is 5.22. The molecule has 15 heavy (non-hydrogen) atoms. The highest BCUT2D eigenvalue weighted by Crippen LogP contribution is 2.35. The molecule has 2 N–H and O–H groups in total. The molecule has 1 aromatic carbocycles. The lowest BCUT2D eigenvalue weighted by atomic mass is 9.76. The van der Waals surface area contributed by atoms with E-state index in [1.165, 1.54) is 24.1 Å². The van der Waals surface area contributed by atoms with E-state index in [1.807, 2.05) is 12.1 Å². The minimum Gasteiger partial charge on any atom is -0.327 e. The van der Waals surface area contributed by atoms with Crippen molar-refractivity contribution in [1.29, 1.82) is 0 Å². The Kier molecular flexibility index (Phi) is 3.06. The van der Waals surface area contributed by atoms with Gasteiger partial charge in [0.25, 0.3) is 0 Å². The highest BCUT2D eigenvalue weighted by Gasteiger charge is 2.26. The molecule has 1 fully saturated rings. The van der Waals surface area contributed by atoms with Crippen molar-refractivity contribution in [2.24, 2.45) is 11.7 Å². The van der Waals surface area contributed by atoms with Crippen LogP contribution in [0.5, 0.6) is 0 Å². The summed E-state index contributed by atoms with van der Waals surface area (Å²) in [5.74, 6) is 0.977. The van der Waals surface area contributed by atoms with Gasteiger partial charge in [0.05, 0.1) is 0 Å². The first-order chi connectivity index (χ1) is 7.16. The molecule has 82 valence electrons. The molecule has 0 heterocycles. The SMILES string of the molecule is CC1CCC(N)C(c2ccc(F)cc2)C1. The smallest absolute Gasteiger partial charge is 0.123 e. The Morgan fingerprint density at radius 3 is 2.53 bits per heavy atom. The fourth-order valence-corrected chi connectivity index (χ4v) is 2.50. The fourth-order valence-electron chi connectivity index (χ4n) is 2.50. The predicted octanol–water partition coefficient (Wildman–Crippen LogP) is 3.06. The van der Waals surface area contributed by atoms with Gasteiger partial charge in [-0.15, -0.1) is 0 Å². The van der Waals surface area contributed by atoms with Crippen LogP contribution in [0.25, 0.3) is 0 Å². The van der Waals surface area contributed by atoms with Crippen LogP contribution in [0, 0.1) is 11.7 Å². The molecule has 0 bridgehead atoms. The highest BCUT2D eigenvalue weighted by atomic mass is 19.1. The van der Waals surface area contributed by atoms with Crippen molar-refractivity contribution >= 4 is 0 Å². The Hall–Kier alpha value is -0.890. The van der Waals surface area contributed by atoms with Crippen molar-refractivity contribution in [2.75, 3.05) is 0 Å². The third kappa shape index (κ3) is 2.37. The normalized spacial score (nSPS) is 31.5. The van der Waals surface area contributed by atoms with Crippen molar-refractivity contribution in [1.82, 2.24) is 0 Å². The molecular formula is C13H18FN. The van der Waals surface area contributed by atoms with Crippen LogP contribution in [0.2, 0.25) is 0 Å². The summed E-state index contributed by atoms with van der Waals surface area (Å²) in [6.07, 6.45) is 3.44. The first-order valence-corrected chi connectivity index (χ1v) is 5.68. The van der Waals surface area contributed by atoms with Crippen LogP contribution < -0.4 is 5.73 Å². The van der Waals surface area contributed by atoms with E-state index in [0.717, 1.165) is 18.8 Å². The average molecular weight is 207 g/mol. The van der Waals surface area contributed by atoms with Gasteiger partial charge in [0, 0.05) is 6.04 Å². The summed E-state index contributed by atoms with van der Waals surface area (Å²) >= 11 is 0. The molecule has 2 rings (SSSR count). The van der Waals surface area contributed by atoms with E-state index < -0.39 is 0 Å². The molecular weight excluding hydrogens is 189 g/mol. The minimum absolute atomic E-state index is 0.170. The molecule has 2 heteroatoms. The lowest BCUT2D eigenvalue weighted by Crippen LogP contribution is -2.33.